The Balaban J connectivity index is 1.31. The van der Waals surface area contributed by atoms with E-state index in [1.807, 2.05) is 35.2 Å². The van der Waals surface area contributed by atoms with Gasteiger partial charge in [0.1, 0.15) is 5.69 Å². The third-order valence-corrected chi connectivity index (χ3v) is 8.54. The van der Waals surface area contributed by atoms with Crippen LogP contribution in [0.4, 0.5) is 5.69 Å². The number of anilines is 1. The van der Waals surface area contributed by atoms with Gasteiger partial charge in [-0.3, -0.25) is 9.59 Å². The molecule has 6 heteroatoms. The summed E-state index contributed by atoms with van der Waals surface area (Å²) >= 11 is 1.59. The first-order valence-electron chi connectivity index (χ1n) is 12.4. The van der Waals surface area contributed by atoms with Gasteiger partial charge in [-0.05, 0) is 80.9 Å². The minimum absolute atomic E-state index is 0.0524. The molecule has 1 saturated carbocycles. The third-order valence-electron chi connectivity index (χ3n) is 7.29. The minimum Gasteiger partial charge on any atom is -0.317 e. The number of hydrogen-bond acceptors (Lipinski definition) is 5. The molecule has 0 bridgehead atoms. The molecule has 3 aliphatic rings. The van der Waals surface area contributed by atoms with Crippen molar-refractivity contribution in [2.24, 2.45) is 5.92 Å². The molecule has 2 fully saturated rings. The van der Waals surface area contributed by atoms with E-state index >= 15 is 0 Å². The van der Waals surface area contributed by atoms with Gasteiger partial charge in [-0.1, -0.05) is 24.3 Å². The fourth-order valence-corrected chi connectivity index (χ4v) is 6.38. The number of rotatable bonds is 5. The van der Waals surface area contributed by atoms with E-state index in [1.54, 1.807) is 11.3 Å². The van der Waals surface area contributed by atoms with Gasteiger partial charge in [0.05, 0.1) is 10.6 Å². The number of carbonyl (C=O) groups excluding carboxylic acids is 2. The first-order valence-corrected chi connectivity index (χ1v) is 13.2. The fourth-order valence-electron chi connectivity index (χ4n) is 5.18. The number of nitrogens with one attached hydrogen (secondary N) is 1. The standard InChI is InChI=1S/C28H29N3O2S/c32-25(16-18-8-9-18)26-17-20-12-15-31(24-7-2-1-4-21(24)27(20)34-26)28(33)23-6-3-5-22(30-23)19-10-13-29-14-11-19/h1-7,17-19,29H,8-16H2. The molecule has 34 heavy (non-hydrogen) atoms. The lowest BCUT2D eigenvalue weighted by Gasteiger charge is -2.24. The Labute approximate surface area is 204 Å². The van der Waals surface area contributed by atoms with Crippen LogP contribution in [0.3, 0.4) is 0 Å². The van der Waals surface area contributed by atoms with Crippen LogP contribution in [0.25, 0.3) is 10.4 Å². The summed E-state index contributed by atoms with van der Waals surface area (Å²) in [6.07, 6.45) is 5.88. The summed E-state index contributed by atoms with van der Waals surface area (Å²) in [7, 11) is 0. The summed E-state index contributed by atoms with van der Waals surface area (Å²) in [5.74, 6) is 1.21. The molecular formula is C28H29N3O2S. The lowest BCUT2D eigenvalue weighted by molar-refractivity contribution is 0.0972. The first kappa shape index (κ1) is 21.7. The van der Waals surface area contributed by atoms with Crippen LogP contribution in [0.2, 0.25) is 0 Å². The number of ketones is 1. The van der Waals surface area contributed by atoms with Crippen LogP contribution in [0.1, 0.15) is 69.4 Å². The van der Waals surface area contributed by atoms with Gasteiger partial charge in [0.25, 0.3) is 5.91 Å². The number of aromatic nitrogens is 1. The third kappa shape index (κ3) is 4.21. The number of hydrogen-bond donors (Lipinski definition) is 1. The molecule has 174 valence electrons. The molecule has 1 N–H and O–H groups in total. The number of Topliss-reactive ketones (excluding diaryl/α,β-unsaturated/α-hetero) is 1. The Morgan fingerprint density at radius 2 is 1.85 bits per heavy atom. The maximum Gasteiger partial charge on any atom is 0.276 e. The average molecular weight is 472 g/mol. The van der Waals surface area contributed by atoms with E-state index in [1.165, 1.54) is 18.4 Å². The van der Waals surface area contributed by atoms with Crippen molar-refractivity contribution < 1.29 is 9.59 Å². The number of benzene rings is 1. The monoisotopic (exact) mass is 471 g/mol. The second-order valence-electron chi connectivity index (χ2n) is 9.73. The normalized spacial score (nSPS) is 18.2. The molecule has 2 aromatic heterocycles. The molecule has 0 unspecified atom stereocenters. The van der Waals surface area contributed by atoms with Crippen LogP contribution < -0.4 is 10.2 Å². The molecule has 0 radical (unpaired) electrons. The molecule has 1 aliphatic carbocycles. The summed E-state index contributed by atoms with van der Waals surface area (Å²) in [6, 6.07) is 16.0. The minimum atomic E-state index is -0.0524. The van der Waals surface area contributed by atoms with E-state index in [0.29, 0.717) is 30.5 Å². The average Bonchev–Trinajstić information content (AvgIpc) is 3.63. The highest BCUT2D eigenvalue weighted by molar-refractivity contribution is 7.17. The van der Waals surface area contributed by atoms with Crippen molar-refractivity contribution in [2.75, 3.05) is 24.5 Å². The summed E-state index contributed by atoms with van der Waals surface area (Å²) < 4.78 is 0. The van der Waals surface area contributed by atoms with Gasteiger partial charge in [-0.15, -0.1) is 11.3 Å². The van der Waals surface area contributed by atoms with E-state index in [0.717, 1.165) is 59.1 Å². The molecule has 0 atom stereocenters. The van der Waals surface area contributed by atoms with E-state index in [9.17, 15) is 9.59 Å². The zero-order valence-corrected chi connectivity index (χ0v) is 20.1. The van der Waals surface area contributed by atoms with Crippen molar-refractivity contribution >= 4 is 28.7 Å². The molecular weight excluding hydrogens is 442 g/mol. The van der Waals surface area contributed by atoms with Gasteiger partial charge < -0.3 is 10.2 Å². The van der Waals surface area contributed by atoms with E-state index < -0.39 is 0 Å². The number of piperidine rings is 1. The zero-order chi connectivity index (χ0) is 23.1. The lowest BCUT2D eigenvalue weighted by atomic mass is 9.94. The second-order valence-corrected chi connectivity index (χ2v) is 10.8. The van der Waals surface area contributed by atoms with Crippen molar-refractivity contribution in [3.63, 3.8) is 0 Å². The van der Waals surface area contributed by atoms with E-state index in [-0.39, 0.29) is 11.7 Å². The predicted molar refractivity (Wildman–Crippen MR) is 136 cm³/mol. The fraction of sp³-hybridized carbons (Fsp3) is 0.393. The van der Waals surface area contributed by atoms with Gasteiger partial charge in [-0.25, -0.2) is 4.98 Å². The number of nitrogens with zero attached hydrogens (tertiary/aromatic N) is 2. The highest BCUT2D eigenvalue weighted by Gasteiger charge is 2.30. The Morgan fingerprint density at radius 3 is 2.68 bits per heavy atom. The molecule has 3 aromatic rings. The van der Waals surface area contributed by atoms with Crippen molar-refractivity contribution in [3.05, 3.63) is 70.4 Å². The topological polar surface area (TPSA) is 62.3 Å². The molecule has 0 spiro atoms. The van der Waals surface area contributed by atoms with E-state index in [4.69, 9.17) is 4.98 Å². The summed E-state index contributed by atoms with van der Waals surface area (Å²) in [5, 5.41) is 3.40. The molecule has 1 saturated heterocycles. The zero-order valence-electron chi connectivity index (χ0n) is 19.3. The predicted octanol–water partition coefficient (Wildman–Crippen LogP) is 5.46. The van der Waals surface area contributed by atoms with Gasteiger partial charge in [-0.2, -0.15) is 0 Å². The van der Waals surface area contributed by atoms with Gasteiger partial charge >= 0.3 is 0 Å². The van der Waals surface area contributed by atoms with Gasteiger partial charge in [0.15, 0.2) is 5.78 Å². The quantitative estimate of drug-likeness (QED) is 0.502. The number of thiophene rings is 1. The van der Waals surface area contributed by atoms with Crippen molar-refractivity contribution in [3.8, 4) is 10.4 Å². The maximum atomic E-state index is 13.7. The van der Waals surface area contributed by atoms with Crippen LogP contribution in [0.5, 0.6) is 0 Å². The van der Waals surface area contributed by atoms with Gasteiger partial charge in [0, 0.05) is 35.0 Å². The molecule has 6 rings (SSSR count). The second kappa shape index (κ2) is 9.08. The van der Waals surface area contributed by atoms with Crippen LogP contribution in [0.15, 0.2) is 48.5 Å². The molecule has 1 aromatic carbocycles. The Kier molecular flexibility index (Phi) is 5.79. The molecule has 2 aliphatic heterocycles. The Bertz CT molecular complexity index is 1240. The van der Waals surface area contributed by atoms with Gasteiger partial charge in [0.2, 0.25) is 0 Å². The number of fused-ring (bicyclic) bond motifs is 3. The SMILES string of the molecule is O=C(CC1CC1)c1cc2c(s1)-c1ccccc1N(C(=O)c1cccc(C3CCNCC3)n1)CC2. The van der Waals surface area contributed by atoms with Crippen LogP contribution >= 0.6 is 11.3 Å². The van der Waals surface area contributed by atoms with Crippen molar-refractivity contribution in [1.82, 2.24) is 10.3 Å². The number of carbonyl (C=O) groups is 2. The maximum absolute atomic E-state index is 13.7. The Hall–Kier alpha value is -2.83. The molecule has 4 heterocycles. The number of amides is 1. The summed E-state index contributed by atoms with van der Waals surface area (Å²) in [4.78, 5) is 35.2. The van der Waals surface area contributed by atoms with Crippen molar-refractivity contribution in [1.29, 1.82) is 0 Å². The van der Waals surface area contributed by atoms with Crippen LogP contribution in [-0.4, -0.2) is 36.3 Å². The smallest absolute Gasteiger partial charge is 0.276 e. The van der Waals surface area contributed by atoms with Crippen LogP contribution in [-0.2, 0) is 6.42 Å². The molecule has 5 nitrogen and oxygen atoms in total. The van der Waals surface area contributed by atoms with E-state index in [2.05, 4.69) is 23.5 Å². The lowest BCUT2D eigenvalue weighted by Crippen LogP contribution is -2.33. The van der Waals surface area contributed by atoms with Crippen LogP contribution in [0, 0.1) is 5.92 Å². The largest absolute Gasteiger partial charge is 0.317 e. The highest BCUT2D eigenvalue weighted by Crippen LogP contribution is 2.43. The number of pyridine rings is 1. The number of para-hydroxylation sites is 1. The van der Waals surface area contributed by atoms with Crippen molar-refractivity contribution in [2.45, 2.75) is 44.4 Å². The highest BCUT2D eigenvalue weighted by atomic mass is 32.1. The summed E-state index contributed by atoms with van der Waals surface area (Å²) in [5.41, 5.74) is 4.64. The first-order chi connectivity index (χ1) is 16.7. The summed E-state index contributed by atoms with van der Waals surface area (Å²) in [6.45, 7) is 2.57. The Morgan fingerprint density at radius 1 is 1.03 bits per heavy atom. The molecule has 1 amide bonds.